The van der Waals surface area contributed by atoms with Gasteiger partial charge in [0.15, 0.2) is 0 Å². The molecule has 0 amide bonds. The lowest BCUT2D eigenvalue weighted by atomic mass is 10.2. The van der Waals surface area contributed by atoms with Crippen LogP contribution in [0, 0.1) is 5.82 Å². The Morgan fingerprint density at radius 2 is 2.10 bits per heavy atom. The summed E-state index contributed by atoms with van der Waals surface area (Å²) in [6, 6.07) is 11.8. The summed E-state index contributed by atoms with van der Waals surface area (Å²) in [7, 11) is 0. The maximum atomic E-state index is 13.1. The molecule has 0 atom stereocenters. The van der Waals surface area contributed by atoms with E-state index in [9.17, 15) is 4.39 Å². The summed E-state index contributed by atoms with van der Waals surface area (Å²) in [5.74, 6) is 0.422. The molecule has 1 aromatic heterocycles. The zero-order valence-corrected chi connectivity index (χ0v) is 11.4. The van der Waals surface area contributed by atoms with Gasteiger partial charge in [-0.1, -0.05) is 12.1 Å². The van der Waals surface area contributed by atoms with E-state index in [-0.39, 0.29) is 12.4 Å². The van der Waals surface area contributed by atoms with Crippen LogP contribution in [-0.2, 0) is 13.2 Å². The number of aliphatic hydroxyl groups is 1. The third kappa shape index (κ3) is 2.79. The number of ether oxygens (including phenoxy) is 1. The zero-order valence-electron chi connectivity index (χ0n) is 10.5. The standard InChI is InChI=1S/C15H12FNO2S/c16-11-4-5-13-14(7-11)20-15(17-13)9-19-12-3-1-2-10(6-12)8-18/h1-7,18H,8-9H2. The van der Waals surface area contributed by atoms with E-state index in [0.717, 1.165) is 20.8 Å². The van der Waals surface area contributed by atoms with Gasteiger partial charge in [-0.05, 0) is 35.9 Å². The van der Waals surface area contributed by atoms with Gasteiger partial charge in [0, 0.05) is 0 Å². The van der Waals surface area contributed by atoms with Gasteiger partial charge in [0.25, 0.3) is 0 Å². The first-order valence-electron chi connectivity index (χ1n) is 6.12. The van der Waals surface area contributed by atoms with Crippen LogP contribution in [0.4, 0.5) is 4.39 Å². The van der Waals surface area contributed by atoms with E-state index in [0.29, 0.717) is 12.4 Å². The molecular weight excluding hydrogens is 277 g/mol. The molecule has 1 heterocycles. The minimum absolute atomic E-state index is 0.0163. The van der Waals surface area contributed by atoms with Crippen LogP contribution >= 0.6 is 11.3 Å². The van der Waals surface area contributed by atoms with Crippen LogP contribution in [0.15, 0.2) is 42.5 Å². The second kappa shape index (κ2) is 5.56. The fourth-order valence-corrected chi connectivity index (χ4v) is 2.79. The molecule has 0 fully saturated rings. The Hall–Kier alpha value is -1.98. The number of rotatable bonds is 4. The van der Waals surface area contributed by atoms with Crippen LogP contribution in [-0.4, -0.2) is 10.1 Å². The Morgan fingerprint density at radius 1 is 1.20 bits per heavy atom. The Kier molecular flexibility index (Phi) is 3.62. The molecule has 0 saturated heterocycles. The molecule has 0 aliphatic rings. The number of hydrogen-bond acceptors (Lipinski definition) is 4. The highest BCUT2D eigenvalue weighted by Gasteiger charge is 2.06. The highest BCUT2D eigenvalue weighted by molar-refractivity contribution is 7.18. The number of aliphatic hydroxyl groups excluding tert-OH is 1. The van der Waals surface area contributed by atoms with E-state index < -0.39 is 0 Å². The molecule has 1 N–H and O–H groups in total. The first-order valence-corrected chi connectivity index (χ1v) is 6.94. The third-order valence-corrected chi connectivity index (χ3v) is 3.83. The van der Waals surface area contributed by atoms with Crippen molar-refractivity contribution in [3.63, 3.8) is 0 Å². The first kappa shape index (κ1) is 13.0. The van der Waals surface area contributed by atoms with Gasteiger partial charge in [0.05, 0.1) is 16.8 Å². The largest absolute Gasteiger partial charge is 0.486 e. The smallest absolute Gasteiger partial charge is 0.140 e. The molecule has 3 aromatic rings. The Labute approximate surface area is 119 Å². The number of hydrogen-bond donors (Lipinski definition) is 1. The molecule has 20 heavy (non-hydrogen) atoms. The van der Waals surface area contributed by atoms with Crippen LogP contribution in [0.25, 0.3) is 10.2 Å². The van der Waals surface area contributed by atoms with E-state index >= 15 is 0 Å². The van der Waals surface area contributed by atoms with Crippen molar-refractivity contribution in [1.29, 1.82) is 0 Å². The number of benzene rings is 2. The number of thiazole rings is 1. The van der Waals surface area contributed by atoms with E-state index in [1.165, 1.54) is 23.5 Å². The number of nitrogens with zero attached hydrogens (tertiary/aromatic N) is 1. The minimum atomic E-state index is -0.260. The fourth-order valence-electron chi connectivity index (χ4n) is 1.89. The highest BCUT2D eigenvalue weighted by atomic mass is 32.1. The van der Waals surface area contributed by atoms with Crippen molar-refractivity contribution in [1.82, 2.24) is 4.98 Å². The Morgan fingerprint density at radius 3 is 2.95 bits per heavy atom. The summed E-state index contributed by atoms with van der Waals surface area (Å²) in [6.07, 6.45) is 0. The molecule has 2 aromatic carbocycles. The van der Waals surface area contributed by atoms with Gasteiger partial charge in [0.2, 0.25) is 0 Å². The first-order chi connectivity index (χ1) is 9.74. The minimum Gasteiger partial charge on any atom is -0.486 e. The third-order valence-electron chi connectivity index (χ3n) is 2.84. The van der Waals surface area contributed by atoms with Crippen LogP contribution in [0.1, 0.15) is 10.6 Å². The van der Waals surface area contributed by atoms with E-state index in [4.69, 9.17) is 9.84 Å². The van der Waals surface area contributed by atoms with Crippen molar-refractivity contribution in [2.75, 3.05) is 0 Å². The van der Waals surface area contributed by atoms with E-state index in [1.807, 2.05) is 18.2 Å². The molecule has 0 saturated carbocycles. The van der Waals surface area contributed by atoms with Gasteiger partial charge in [0.1, 0.15) is 23.2 Å². The molecular formula is C15H12FNO2S. The van der Waals surface area contributed by atoms with Crippen LogP contribution < -0.4 is 4.74 Å². The van der Waals surface area contributed by atoms with Crippen molar-refractivity contribution >= 4 is 21.6 Å². The monoisotopic (exact) mass is 289 g/mol. The Bertz CT molecular complexity index is 742. The lowest BCUT2D eigenvalue weighted by molar-refractivity contribution is 0.278. The van der Waals surface area contributed by atoms with Crippen molar-refractivity contribution in [3.8, 4) is 5.75 Å². The molecule has 0 spiro atoms. The lowest BCUT2D eigenvalue weighted by Gasteiger charge is -2.05. The van der Waals surface area contributed by atoms with Crippen LogP contribution in [0.5, 0.6) is 5.75 Å². The van der Waals surface area contributed by atoms with E-state index in [1.54, 1.807) is 12.1 Å². The van der Waals surface area contributed by atoms with Gasteiger partial charge in [-0.15, -0.1) is 11.3 Å². The second-order valence-electron chi connectivity index (χ2n) is 4.31. The number of aromatic nitrogens is 1. The van der Waals surface area contributed by atoms with Gasteiger partial charge >= 0.3 is 0 Å². The number of fused-ring (bicyclic) bond motifs is 1. The summed E-state index contributed by atoms with van der Waals surface area (Å²) in [5.41, 5.74) is 1.58. The van der Waals surface area contributed by atoms with Crippen molar-refractivity contribution in [2.45, 2.75) is 13.2 Å². The summed E-state index contributed by atoms with van der Waals surface area (Å²) >= 11 is 1.42. The van der Waals surface area contributed by atoms with Gasteiger partial charge in [-0.3, -0.25) is 0 Å². The summed E-state index contributed by atoms with van der Waals surface area (Å²) in [6.45, 7) is 0.313. The quantitative estimate of drug-likeness (QED) is 0.799. The van der Waals surface area contributed by atoms with Gasteiger partial charge < -0.3 is 9.84 Å². The Balaban J connectivity index is 1.76. The van der Waals surface area contributed by atoms with Crippen LogP contribution in [0.2, 0.25) is 0 Å². The van der Waals surface area contributed by atoms with E-state index in [2.05, 4.69) is 4.98 Å². The maximum absolute atomic E-state index is 13.1. The molecule has 0 radical (unpaired) electrons. The molecule has 0 aliphatic heterocycles. The van der Waals surface area contributed by atoms with Crippen molar-refractivity contribution < 1.29 is 14.2 Å². The predicted molar refractivity (Wildman–Crippen MR) is 76.3 cm³/mol. The van der Waals surface area contributed by atoms with Crippen molar-refractivity contribution in [2.24, 2.45) is 0 Å². The topological polar surface area (TPSA) is 42.4 Å². The molecule has 5 heteroatoms. The molecule has 3 nitrogen and oxygen atoms in total. The van der Waals surface area contributed by atoms with Crippen LogP contribution in [0.3, 0.4) is 0 Å². The maximum Gasteiger partial charge on any atom is 0.140 e. The van der Waals surface area contributed by atoms with Crippen molar-refractivity contribution in [3.05, 3.63) is 58.9 Å². The predicted octanol–water partition coefficient (Wildman–Crippen LogP) is 3.51. The summed E-state index contributed by atoms with van der Waals surface area (Å²) < 4.78 is 19.6. The number of halogens is 1. The molecule has 102 valence electrons. The second-order valence-corrected chi connectivity index (χ2v) is 5.43. The molecule has 3 rings (SSSR count). The summed E-state index contributed by atoms with van der Waals surface area (Å²) in [5, 5.41) is 9.86. The molecule has 0 bridgehead atoms. The highest BCUT2D eigenvalue weighted by Crippen LogP contribution is 2.24. The van der Waals surface area contributed by atoms with Gasteiger partial charge in [-0.2, -0.15) is 0 Å². The molecule has 0 unspecified atom stereocenters. The SMILES string of the molecule is OCc1cccc(OCc2nc3ccc(F)cc3s2)c1. The average Bonchev–Trinajstić information content (AvgIpc) is 2.87. The normalized spacial score (nSPS) is 10.9. The van der Waals surface area contributed by atoms with Gasteiger partial charge in [-0.25, -0.2) is 9.37 Å². The summed E-state index contributed by atoms with van der Waals surface area (Å²) in [4.78, 5) is 4.39. The fraction of sp³-hybridized carbons (Fsp3) is 0.133. The lowest BCUT2D eigenvalue weighted by Crippen LogP contribution is -1.95. The average molecular weight is 289 g/mol. The molecule has 0 aliphatic carbocycles. The zero-order chi connectivity index (χ0) is 13.9.